The second-order valence-electron chi connectivity index (χ2n) is 25.9. The summed E-state index contributed by atoms with van der Waals surface area (Å²) in [6.45, 7) is 4.38. The van der Waals surface area contributed by atoms with Crippen LogP contribution in [0, 0.1) is 0 Å². The Labute approximate surface area is 641 Å². The van der Waals surface area contributed by atoms with E-state index in [2.05, 4.69) is 174 Å². The molecule has 0 amide bonds. The van der Waals surface area contributed by atoms with Gasteiger partial charge < -0.3 is 33.8 Å². The topological polar surface area (TPSA) is 237 Å². The van der Waals surface area contributed by atoms with E-state index in [9.17, 15) is 43.2 Å². The van der Waals surface area contributed by atoms with E-state index in [1.54, 1.807) is 0 Å². The third-order valence-electron chi connectivity index (χ3n) is 15.9. The average molecular weight is 1520 g/mol. The number of aliphatic hydroxyl groups excluding tert-OH is 1. The summed E-state index contributed by atoms with van der Waals surface area (Å²) in [5.41, 5.74) is 0. The van der Waals surface area contributed by atoms with Crippen LogP contribution in [-0.4, -0.2) is 96.7 Å². The van der Waals surface area contributed by atoms with Crippen molar-refractivity contribution in [2.45, 2.75) is 303 Å². The molecule has 0 aliphatic carbocycles. The highest BCUT2D eigenvalue weighted by atomic mass is 31.2. The second-order valence-corrected chi connectivity index (χ2v) is 28.8. The van der Waals surface area contributed by atoms with Crippen LogP contribution in [0.2, 0.25) is 0 Å². The first kappa shape index (κ1) is 100. The normalized spacial score (nSPS) is 14.8. The minimum atomic E-state index is -5.01. The van der Waals surface area contributed by atoms with Crippen LogP contribution in [0.3, 0.4) is 0 Å². The number of hydrogen-bond acceptors (Lipinski definition) is 15. The van der Waals surface area contributed by atoms with Crippen molar-refractivity contribution in [2.24, 2.45) is 0 Å². The molecule has 600 valence electrons. The van der Waals surface area contributed by atoms with Crippen molar-refractivity contribution in [3.8, 4) is 0 Å². The fraction of sp³-hybridized carbons (Fsp3) is 0.609. The zero-order chi connectivity index (χ0) is 77.4. The number of carbonyl (C=O) groups is 4. The van der Waals surface area contributed by atoms with E-state index in [1.807, 2.05) is 36.5 Å². The monoisotopic (exact) mass is 1520 g/mol. The van der Waals surface area contributed by atoms with Gasteiger partial charge in [0, 0.05) is 25.7 Å². The molecular weight excluding hydrogens is 1380 g/mol. The Morgan fingerprint density at radius 1 is 0.274 bits per heavy atom. The molecule has 0 aliphatic rings. The highest BCUT2D eigenvalue weighted by Gasteiger charge is 2.30. The Hall–Kier alpha value is -5.84. The minimum Gasteiger partial charge on any atom is -0.462 e. The average Bonchev–Trinajstić information content (AvgIpc) is 0.899. The largest absolute Gasteiger partial charge is 0.472 e. The molecule has 0 spiro atoms. The highest BCUT2D eigenvalue weighted by molar-refractivity contribution is 7.47. The Morgan fingerprint density at radius 3 is 0.858 bits per heavy atom. The molecule has 0 bridgehead atoms. The Balaban J connectivity index is 5.52. The summed E-state index contributed by atoms with van der Waals surface area (Å²) >= 11 is 0. The zero-order valence-electron chi connectivity index (χ0n) is 65.5. The predicted molar refractivity (Wildman–Crippen MR) is 436 cm³/mol. The fourth-order valence-electron chi connectivity index (χ4n) is 9.82. The molecule has 0 radical (unpaired) electrons. The number of allylic oxidation sites excluding steroid dienone is 30. The summed E-state index contributed by atoms with van der Waals surface area (Å²) in [6.07, 6.45) is 93.3. The van der Waals surface area contributed by atoms with Crippen LogP contribution < -0.4 is 0 Å². The second kappa shape index (κ2) is 77.3. The molecular formula is C87H140O17P2. The molecule has 0 saturated heterocycles. The van der Waals surface area contributed by atoms with E-state index in [-0.39, 0.29) is 25.7 Å². The van der Waals surface area contributed by atoms with Crippen molar-refractivity contribution in [3.05, 3.63) is 182 Å². The maximum Gasteiger partial charge on any atom is 0.472 e. The molecule has 5 atom stereocenters. The maximum absolute atomic E-state index is 13.1. The SMILES string of the molecule is CC/C=C\C/C=C\C/C=C\C/C=C\C/C=C\C/C=C\CCC(=O)OC[C@H](COP(=O)(O)OC[C@@H](O)COP(=O)(O)OC[C@@H](COC(=O)CCCCCCC/C=C\C/C=C\CCCCC)OC(=O)CC/C=C\C/C=C\C/C=C\C/C=C\C/C=C\C/C=C\CC)OC(=O)CCCCCCC/C=C\CCCCCC. The molecule has 0 saturated carbocycles. The van der Waals surface area contributed by atoms with E-state index in [4.69, 9.17) is 37.0 Å². The van der Waals surface area contributed by atoms with Crippen LogP contribution in [0.1, 0.15) is 285 Å². The Kier molecular flexibility index (Phi) is 73.1. The van der Waals surface area contributed by atoms with E-state index in [0.29, 0.717) is 38.5 Å². The number of ether oxygens (including phenoxy) is 4. The zero-order valence-corrected chi connectivity index (χ0v) is 67.3. The van der Waals surface area contributed by atoms with Crippen LogP contribution in [-0.2, 0) is 65.4 Å². The summed E-state index contributed by atoms with van der Waals surface area (Å²) in [7, 11) is -10.0. The predicted octanol–water partition coefficient (Wildman–Crippen LogP) is 23.6. The number of rotatable bonds is 73. The molecule has 0 fully saturated rings. The van der Waals surface area contributed by atoms with Gasteiger partial charge in [-0.25, -0.2) is 9.13 Å². The number of esters is 4. The van der Waals surface area contributed by atoms with E-state index in [1.165, 1.54) is 44.9 Å². The van der Waals surface area contributed by atoms with Crippen LogP contribution in [0.15, 0.2) is 182 Å². The molecule has 0 heterocycles. The van der Waals surface area contributed by atoms with Crippen molar-refractivity contribution in [2.75, 3.05) is 39.6 Å². The third-order valence-corrected chi connectivity index (χ3v) is 17.8. The summed E-state index contributed by atoms with van der Waals surface area (Å²) in [5.74, 6) is -2.41. The first-order valence-corrected chi connectivity index (χ1v) is 43.0. The Morgan fingerprint density at radius 2 is 0.509 bits per heavy atom. The standard InChI is InChI=1S/C87H140O17P2/c1-5-9-13-17-21-25-29-33-36-38-40-42-45-49-52-56-60-64-68-72-85(90)98-77-82(103-86(91)73-69-65-61-57-53-47-32-28-24-20-16-12-8-4)79-101-105(93,94)99-75-81(88)76-100-106(95,96)102-80-83(78-97-84(89)71-67-63-59-55-51-48-44-35-31-27-23-19-15-11-7-3)104-87(92)74-70-66-62-58-54-50-46-43-41-39-37-34-30-26-22-18-14-10-6-2/h9-10,13-14,21-23,25-28,32-37,40-44,49-50,52,54,60,62,64,66,81-83,88H,5-8,11-12,15-20,24,29-31,38-39,45-48,51,53,55-59,61,63,65,67-80H2,1-4H3,(H,93,94)(H,95,96)/b13-9-,14-10-,25-21-,26-22-,27-23-,32-28-,36-33-,37-34-,42-40-,43-41-,44-35-,52-49-,54-50-,64-60-,66-62-/t81-,82-,83-/m1/s1. The maximum atomic E-state index is 13.1. The molecule has 19 heteroatoms. The van der Waals surface area contributed by atoms with Gasteiger partial charge in [0.25, 0.3) is 0 Å². The van der Waals surface area contributed by atoms with Gasteiger partial charge in [-0.2, -0.15) is 0 Å². The van der Waals surface area contributed by atoms with Gasteiger partial charge in [-0.1, -0.05) is 281 Å². The lowest BCUT2D eigenvalue weighted by Crippen LogP contribution is -2.30. The van der Waals surface area contributed by atoms with Gasteiger partial charge in [-0.3, -0.25) is 37.3 Å². The van der Waals surface area contributed by atoms with Crippen molar-refractivity contribution in [1.82, 2.24) is 0 Å². The van der Waals surface area contributed by atoms with Gasteiger partial charge in [0.1, 0.15) is 19.3 Å². The number of phosphoric ester groups is 2. The van der Waals surface area contributed by atoms with Crippen LogP contribution in [0.25, 0.3) is 0 Å². The molecule has 2 unspecified atom stereocenters. The minimum absolute atomic E-state index is 0.0267. The molecule has 0 aliphatic heterocycles. The summed E-state index contributed by atoms with van der Waals surface area (Å²) in [4.78, 5) is 73.0. The lowest BCUT2D eigenvalue weighted by atomic mass is 10.1. The number of phosphoric acid groups is 2. The van der Waals surface area contributed by atoms with Crippen LogP contribution in [0.5, 0.6) is 0 Å². The number of unbranched alkanes of at least 4 members (excludes halogenated alkanes) is 17. The first-order chi connectivity index (χ1) is 51.7. The van der Waals surface area contributed by atoms with Crippen LogP contribution in [0.4, 0.5) is 0 Å². The number of aliphatic hydroxyl groups is 1. The van der Waals surface area contributed by atoms with Crippen LogP contribution >= 0.6 is 15.6 Å². The van der Waals surface area contributed by atoms with Gasteiger partial charge in [0.15, 0.2) is 12.2 Å². The van der Waals surface area contributed by atoms with Crippen molar-refractivity contribution in [1.29, 1.82) is 0 Å². The summed E-state index contributed by atoms with van der Waals surface area (Å²) in [6, 6.07) is 0. The molecule has 3 N–H and O–H groups in total. The number of hydrogen-bond donors (Lipinski definition) is 3. The molecule has 0 aromatic carbocycles. The third kappa shape index (κ3) is 76.4. The first-order valence-electron chi connectivity index (χ1n) is 40.0. The lowest BCUT2D eigenvalue weighted by Gasteiger charge is -2.21. The van der Waals surface area contributed by atoms with E-state index in [0.717, 1.165) is 148 Å². The fourth-order valence-corrected chi connectivity index (χ4v) is 11.4. The van der Waals surface area contributed by atoms with E-state index >= 15 is 0 Å². The van der Waals surface area contributed by atoms with Gasteiger partial charge in [0.05, 0.1) is 26.4 Å². The molecule has 0 aromatic rings. The summed E-state index contributed by atoms with van der Waals surface area (Å²) in [5, 5.41) is 10.6. The van der Waals surface area contributed by atoms with E-state index < -0.39 is 97.5 Å². The molecule has 106 heavy (non-hydrogen) atoms. The molecule has 0 aromatic heterocycles. The summed E-state index contributed by atoms with van der Waals surface area (Å²) < 4.78 is 68.4. The quantitative estimate of drug-likeness (QED) is 0.0169. The van der Waals surface area contributed by atoms with Gasteiger partial charge in [-0.15, -0.1) is 0 Å². The number of carbonyl (C=O) groups excluding carboxylic acids is 4. The van der Waals surface area contributed by atoms with Gasteiger partial charge in [-0.05, 0) is 161 Å². The molecule has 17 nitrogen and oxygen atoms in total. The highest BCUT2D eigenvalue weighted by Crippen LogP contribution is 2.45. The molecule has 0 rings (SSSR count). The van der Waals surface area contributed by atoms with Gasteiger partial charge in [0.2, 0.25) is 0 Å². The van der Waals surface area contributed by atoms with Gasteiger partial charge >= 0.3 is 39.5 Å². The lowest BCUT2D eigenvalue weighted by molar-refractivity contribution is -0.161. The smallest absolute Gasteiger partial charge is 0.462 e. The van der Waals surface area contributed by atoms with Crippen molar-refractivity contribution in [3.63, 3.8) is 0 Å². The Bertz CT molecular complexity index is 2730. The van der Waals surface area contributed by atoms with Crippen molar-refractivity contribution < 1.29 is 80.2 Å². The van der Waals surface area contributed by atoms with Crippen molar-refractivity contribution >= 4 is 39.5 Å².